The lowest BCUT2D eigenvalue weighted by molar-refractivity contribution is 0.137. The number of hydrogen-bond acceptors (Lipinski definition) is 2. The van der Waals surface area contributed by atoms with Gasteiger partial charge in [0.05, 0.1) is 13.2 Å². The highest BCUT2D eigenvalue weighted by Crippen LogP contribution is 2.18. The van der Waals surface area contributed by atoms with Crippen molar-refractivity contribution in [3.63, 3.8) is 0 Å². The number of hydrogen-bond donors (Lipinski definition) is 0. The van der Waals surface area contributed by atoms with Crippen molar-refractivity contribution in [2.45, 2.75) is 5.92 Å². The Labute approximate surface area is 85.5 Å². The quantitative estimate of drug-likeness (QED) is 0.670. The molecule has 1 atom stereocenters. The normalized spacial score (nSPS) is 24.5. The van der Waals surface area contributed by atoms with Gasteiger partial charge < -0.3 is 9.64 Å². The van der Waals surface area contributed by atoms with Gasteiger partial charge in [-0.25, -0.2) is 0 Å². The molecule has 0 saturated carbocycles. The monoisotopic (exact) mass is 191 g/mol. The van der Waals surface area contributed by atoms with Crippen molar-refractivity contribution in [1.82, 2.24) is 4.90 Å². The topological polar surface area (TPSA) is 12.5 Å². The van der Waals surface area contributed by atoms with Gasteiger partial charge in [0.15, 0.2) is 0 Å². The van der Waals surface area contributed by atoms with Crippen LogP contribution >= 0.6 is 0 Å². The van der Waals surface area contributed by atoms with Crippen LogP contribution in [-0.4, -0.2) is 38.3 Å². The van der Waals surface area contributed by atoms with Crippen LogP contribution in [-0.2, 0) is 4.74 Å². The number of ether oxygens (including phenoxy) is 1. The summed E-state index contributed by atoms with van der Waals surface area (Å²) in [5.41, 5.74) is 1.39. The van der Waals surface area contributed by atoms with E-state index in [1.54, 1.807) is 0 Å². The lowest BCUT2D eigenvalue weighted by Crippen LogP contribution is -2.24. The van der Waals surface area contributed by atoms with Crippen LogP contribution in [0.4, 0.5) is 0 Å². The largest absolute Gasteiger partial charge is 0.379 e. The molecule has 0 spiro atoms. The number of likely N-dealkylation sites (N-methyl/N-ethyl adjacent to an activating group) is 1. The lowest BCUT2D eigenvalue weighted by atomic mass is 10.00. The van der Waals surface area contributed by atoms with Crippen LogP contribution in [0.15, 0.2) is 30.3 Å². The molecule has 2 heteroatoms. The zero-order chi connectivity index (χ0) is 9.80. The van der Waals surface area contributed by atoms with Crippen molar-refractivity contribution < 1.29 is 4.74 Å². The fourth-order valence-corrected chi connectivity index (χ4v) is 1.89. The second-order valence-corrected chi connectivity index (χ2v) is 3.94. The van der Waals surface area contributed by atoms with Gasteiger partial charge in [-0.1, -0.05) is 30.3 Å². The van der Waals surface area contributed by atoms with Crippen LogP contribution in [0.5, 0.6) is 0 Å². The summed E-state index contributed by atoms with van der Waals surface area (Å²) in [5.74, 6) is 0.531. The Bertz CT molecular complexity index is 273. The van der Waals surface area contributed by atoms with E-state index in [2.05, 4.69) is 42.3 Å². The molecule has 0 bridgehead atoms. The molecule has 14 heavy (non-hydrogen) atoms. The van der Waals surface area contributed by atoms with E-state index in [9.17, 15) is 0 Å². The van der Waals surface area contributed by atoms with E-state index in [0.717, 1.165) is 26.3 Å². The minimum Gasteiger partial charge on any atom is -0.379 e. The third-order valence-corrected chi connectivity index (χ3v) is 2.74. The first-order chi connectivity index (χ1) is 6.86. The van der Waals surface area contributed by atoms with Gasteiger partial charge in [0.25, 0.3) is 0 Å². The summed E-state index contributed by atoms with van der Waals surface area (Å²) in [6.07, 6.45) is 0. The van der Waals surface area contributed by atoms with Crippen LogP contribution in [0.3, 0.4) is 0 Å². The molecule has 0 aromatic heterocycles. The van der Waals surface area contributed by atoms with Crippen LogP contribution in [0, 0.1) is 0 Å². The molecule has 1 fully saturated rings. The van der Waals surface area contributed by atoms with Crippen molar-refractivity contribution in [3.05, 3.63) is 35.9 Å². The Morgan fingerprint density at radius 1 is 1.29 bits per heavy atom. The van der Waals surface area contributed by atoms with Crippen LogP contribution in [0.2, 0.25) is 0 Å². The van der Waals surface area contributed by atoms with Crippen LogP contribution < -0.4 is 0 Å². The SMILES string of the molecule is CN1CCOCC(c2ccccc2)C1. The molecule has 1 aliphatic heterocycles. The number of nitrogens with zero attached hydrogens (tertiary/aromatic N) is 1. The molecule has 1 aromatic rings. The smallest absolute Gasteiger partial charge is 0.0593 e. The maximum absolute atomic E-state index is 5.59. The molecule has 1 unspecified atom stereocenters. The summed E-state index contributed by atoms with van der Waals surface area (Å²) in [4.78, 5) is 2.34. The zero-order valence-corrected chi connectivity index (χ0v) is 8.65. The molecule has 0 N–H and O–H groups in total. The third kappa shape index (κ3) is 2.34. The second-order valence-electron chi connectivity index (χ2n) is 3.94. The van der Waals surface area contributed by atoms with Crippen molar-refractivity contribution in [2.75, 3.05) is 33.4 Å². The molecule has 1 saturated heterocycles. The highest BCUT2D eigenvalue weighted by Gasteiger charge is 2.17. The molecule has 1 heterocycles. The molecule has 2 nitrogen and oxygen atoms in total. The predicted octanol–water partition coefficient (Wildman–Crippen LogP) is 1.73. The first-order valence-corrected chi connectivity index (χ1v) is 5.17. The number of rotatable bonds is 1. The van der Waals surface area contributed by atoms with Crippen LogP contribution in [0.1, 0.15) is 11.5 Å². The minimum atomic E-state index is 0.531. The van der Waals surface area contributed by atoms with Gasteiger partial charge in [-0.15, -0.1) is 0 Å². The van der Waals surface area contributed by atoms with Crippen molar-refractivity contribution in [3.8, 4) is 0 Å². The van der Waals surface area contributed by atoms with Crippen molar-refractivity contribution in [2.24, 2.45) is 0 Å². The zero-order valence-electron chi connectivity index (χ0n) is 8.65. The maximum atomic E-state index is 5.59. The Morgan fingerprint density at radius 2 is 2.07 bits per heavy atom. The van der Waals surface area contributed by atoms with E-state index in [1.165, 1.54) is 5.56 Å². The Kier molecular flexibility index (Phi) is 3.17. The predicted molar refractivity (Wildman–Crippen MR) is 57.5 cm³/mol. The fraction of sp³-hybridized carbons (Fsp3) is 0.500. The summed E-state index contributed by atoms with van der Waals surface area (Å²) in [5, 5.41) is 0. The van der Waals surface area contributed by atoms with Gasteiger partial charge >= 0.3 is 0 Å². The molecule has 76 valence electrons. The fourth-order valence-electron chi connectivity index (χ4n) is 1.89. The summed E-state index contributed by atoms with van der Waals surface area (Å²) >= 11 is 0. The first-order valence-electron chi connectivity index (χ1n) is 5.17. The highest BCUT2D eigenvalue weighted by molar-refractivity contribution is 5.20. The van der Waals surface area contributed by atoms with E-state index < -0.39 is 0 Å². The van der Waals surface area contributed by atoms with Gasteiger partial charge in [-0.05, 0) is 12.6 Å². The Balaban J connectivity index is 2.09. The molecule has 2 rings (SSSR count). The van der Waals surface area contributed by atoms with Gasteiger partial charge in [0, 0.05) is 19.0 Å². The molecule has 1 aliphatic rings. The number of benzene rings is 1. The average molecular weight is 191 g/mol. The van der Waals surface area contributed by atoms with E-state index in [1.807, 2.05) is 0 Å². The molecular weight excluding hydrogens is 174 g/mol. The van der Waals surface area contributed by atoms with Gasteiger partial charge in [-0.2, -0.15) is 0 Å². The summed E-state index contributed by atoms with van der Waals surface area (Å²) < 4.78 is 5.59. The van der Waals surface area contributed by atoms with Crippen molar-refractivity contribution in [1.29, 1.82) is 0 Å². The van der Waals surface area contributed by atoms with Crippen molar-refractivity contribution >= 4 is 0 Å². The molecule has 0 amide bonds. The second kappa shape index (κ2) is 4.58. The van der Waals surface area contributed by atoms with E-state index in [4.69, 9.17) is 4.74 Å². The standard InChI is InChI=1S/C12H17NO/c1-13-7-8-14-10-12(9-13)11-5-3-2-4-6-11/h2-6,12H,7-10H2,1H3. The maximum Gasteiger partial charge on any atom is 0.0593 e. The van der Waals surface area contributed by atoms with E-state index >= 15 is 0 Å². The molecule has 0 aliphatic carbocycles. The lowest BCUT2D eigenvalue weighted by Gasteiger charge is -2.18. The summed E-state index contributed by atoms with van der Waals surface area (Å²) in [6, 6.07) is 10.6. The Hall–Kier alpha value is -0.860. The highest BCUT2D eigenvalue weighted by atomic mass is 16.5. The molecule has 1 aromatic carbocycles. The van der Waals surface area contributed by atoms with Crippen LogP contribution in [0.25, 0.3) is 0 Å². The van der Waals surface area contributed by atoms with Gasteiger partial charge in [-0.3, -0.25) is 0 Å². The molecular formula is C12H17NO. The summed E-state index contributed by atoms with van der Waals surface area (Å²) in [6.45, 7) is 3.86. The van der Waals surface area contributed by atoms with Gasteiger partial charge in [0.2, 0.25) is 0 Å². The average Bonchev–Trinajstić information content (AvgIpc) is 2.44. The Morgan fingerprint density at radius 3 is 2.86 bits per heavy atom. The summed E-state index contributed by atoms with van der Waals surface area (Å²) in [7, 11) is 2.16. The third-order valence-electron chi connectivity index (χ3n) is 2.74. The van der Waals surface area contributed by atoms with Gasteiger partial charge in [0.1, 0.15) is 0 Å². The van der Waals surface area contributed by atoms with E-state index in [0.29, 0.717) is 5.92 Å². The van der Waals surface area contributed by atoms with E-state index in [-0.39, 0.29) is 0 Å². The first kappa shape index (κ1) is 9.69. The minimum absolute atomic E-state index is 0.531. The molecule has 0 radical (unpaired) electrons.